The van der Waals surface area contributed by atoms with Gasteiger partial charge in [0.25, 0.3) is 0 Å². The lowest BCUT2D eigenvalue weighted by atomic mass is 10.1. The Morgan fingerprint density at radius 1 is 1.28 bits per heavy atom. The van der Waals surface area contributed by atoms with Gasteiger partial charge >= 0.3 is 0 Å². The Bertz CT molecular complexity index is 981. The average Bonchev–Trinajstić information content (AvgIpc) is 3.40. The molecule has 1 aliphatic heterocycles. The number of ether oxygens (including phenoxy) is 1. The molecule has 1 fully saturated rings. The van der Waals surface area contributed by atoms with E-state index >= 15 is 0 Å². The minimum absolute atomic E-state index is 0.236. The van der Waals surface area contributed by atoms with Crippen LogP contribution in [0.1, 0.15) is 49.1 Å². The molecule has 2 aromatic rings. The fourth-order valence-corrected chi connectivity index (χ4v) is 4.53. The number of nitriles is 1. The maximum absolute atomic E-state index is 13.6. The van der Waals surface area contributed by atoms with E-state index in [1.54, 1.807) is 30.5 Å². The number of hydrogen-bond donors (Lipinski definition) is 0. The molecule has 1 aromatic heterocycles. The van der Waals surface area contributed by atoms with Crippen LogP contribution >= 0.6 is 0 Å². The highest BCUT2D eigenvalue weighted by atomic mass is 19.1. The van der Waals surface area contributed by atoms with E-state index in [-0.39, 0.29) is 6.04 Å². The van der Waals surface area contributed by atoms with Crippen LogP contribution in [0.2, 0.25) is 0 Å². The second-order valence-electron chi connectivity index (χ2n) is 7.49. The van der Waals surface area contributed by atoms with E-state index in [4.69, 9.17) is 4.74 Å². The zero-order chi connectivity index (χ0) is 20.4. The van der Waals surface area contributed by atoms with Crippen LogP contribution in [-0.4, -0.2) is 42.2 Å². The maximum atomic E-state index is 13.6. The second-order valence-corrected chi connectivity index (χ2v) is 7.49. The van der Waals surface area contributed by atoms with E-state index in [0.29, 0.717) is 17.0 Å². The Morgan fingerprint density at radius 2 is 2.03 bits per heavy atom. The molecule has 0 amide bonds. The maximum Gasteiger partial charge on any atom is 0.163 e. The van der Waals surface area contributed by atoms with Gasteiger partial charge in [0.15, 0.2) is 6.17 Å². The van der Waals surface area contributed by atoms with E-state index in [9.17, 15) is 14.0 Å². The zero-order valence-electron chi connectivity index (χ0n) is 16.4. The molecule has 0 radical (unpaired) electrons. The minimum atomic E-state index is -0.940. The molecular formula is C22H24F2N4O. The molecule has 0 bridgehead atoms. The fraction of sp³-hybridized carbons (Fsp3) is 0.455. The van der Waals surface area contributed by atoms with Crippen molar-refractivity contribution in [3.8, 4) is 11.8 Å². The van der Waals surface area contributed by atoms with Crippen molar-refractivity contribution in [2.45, 2.75) is 43.9 Å². The minimum Gasteiger partial charge on any atom is -0.497 e. The number of nitrogens with zero attached hydrogens (tertiary/aromatic N) is 4. The van der Waals surface area contributed by atoms with Gasteiger partial charge in [-0.2, -0.15) is 5.26 Å². The lowest BCUT2D eigenvalue weighted by Crippen LogP contribution is -2.39. The number of aromatic nitrogens is 1. The van der Waals surface area contributed by atoms with Crippen LogP contribution in [-0.2, 0) is 0 Å². The molecule has 1 aliphatic carbocycles. The smallest absolute Gasteiger partial charge is 0.163 e. The summed E-state index contributed by atoms with van der Waals surface area (Å²) < 4.78 is 34.7. The Balaban J connectivity index is 1.96. The number of halogens is 2. The SMILES string of the molecule is COc1ccc2c(c1)c(C#N)c(C1N=CC=CN1C(CF)CF)n2C1CCCC1. The molecule has 1 aromatic carbocycles. The van der Waals surface area contributed by atoms with Gasteiger partial charge in [-0.3, -0.25) is 4.99 Å². The lowest BCUT2D eigenvalue weighted by Gasteiger charge is -2.35. The molecule has 7 heteroatoms. The number of aliphatic imine (C=N–C) groups is 1. The zero-order valence-corrected chi connectivity index (χ0v) is 16.4. The molecule has 29 heavy (non-hydrogen) atoms. The molecule has 2 heterocycles. The molecule has 1 atom stereocenters. The molecule has 1 saturated carbocycles. The van der Waals surface area contributed by atoms with Gasteiger partial charge in [-0.25, -0.2) is 8.78 Å². The molecule has 0 N–H and O–H groups in total. The van der Waals surface area contributed by atoms with Gasteiger partial charge in [0.05, 0.1) is 29.9 Å². The summed E-state index contributed by atoms with van der Waals surface area (Å²) in [6.45, 7) is -1.65. The standard InChI is InChI=1S/C22H24F2N4O/c1-29-17-7-8-20-18(11-17)19(14-25)21(28(20)15-5-2-3-6-15)22-26-9-4-10-27(22)16(12-23)13-24/h4,7-11,15-16,22H,2-3,5-6,12-13H2,1H3. The third-order valence-electron chi connectivity index (χ3n) is 5.93. The summed E-state index contributed by atoms with van der Waals surface area (Å²) in [5.41, 5.74) is 2.13. The monoisotopic (exact) mass is 398 g/mol. The summed E-state index contributed by atoms with van der Waals surface area (Å²) in [6.07, 6.45) is 8.59. The summed E-state index contributed by atoms with van der Waals surface area (Å²) >= 11 is 0. The van der Waals surface area contributed by atoms with Crippen molar-refractivity contribution in [2.75, 3.05) is 20.5 Å². The molecule has 2 aliphatic rings. The Kier molecular flexibility index (Phi) is 5.52. The molecule has 1 unspecified atom stereocenters. The number of hydrogen-bond acceptors (Lipinski definition) is 4. The highest BCUT2D eigenvalue weighted by Gasteiger charge is 2.34. The molecule has 0 saturated heterocycles. The first-order valence-electron chi connectivity index (χ1n) is 9.94. The van der Waals surface area contributed by atoms with E-state index in [1.807, 2.05) is 18.2 Å². The largest absolute Gasteiger partial charge is 0.497 e. The van der Waals surface area contributed by atoms with Crippen LogP contribution in [0.15, 0.2) is 35.5 Å². The van der Waals surface area contributed by atoms with E-state index in [0.717, 1.165) is 36.6 Å². The van der Waals surface area contributed by atoms with Gasteiger partial charge < -0.3 is 14.2 Å². The molecule has 0 spiro atoms. The predicted octanol–water partition coefficient (Wildman–Crippen LogP) is 4.84. The summed E-state index contributed by atoms with van der Waals surface area (Å²) in [5, 5.41) is 10.9. The quantitative estimate of drug-likeness (QED) is 0.699. The van der Waals surface area contributed by atoms with Gasteiger partial charge in [0, 0.05) is 23.8 Å². The van der Waals surface area contributed by atoms with Crippen LogP contribution in [0, 0.1) is 11.3 Å². The third-order valence-corrected chi connectivity index (χ3v) is 5.93. The summed E-state index contributed by atoms with van der Waals surface area (Å²) in [6, 6.07) is 7.34. The molecule has 152 valence electrons. The summed E-state index contributed by atoms with van der Waals surface area (Å²) in [4.78, 5) is 6.15. The topological polar surface area (TPSA) is 53.5 Å². The van der Waals surface area contributed by atoms with Crippen molar-refractivity contribution < 1.29 is 13.5 Å². The fourth-order valence-electron chi connectivity index (χ4n) is 4.53. The Morgan fingerprint density at radius 3 is 2.69 bits per heavy atom. The van der Waals surface area contributed by atoms with Gasteiger partial charge in [-0.15, -0.1) is 0 Å². The lowest BCUT2D eigenvalue weighted by molar-refractivity contribution is 0.142. The van der Waals surface area contributed by atoms with E-state index in [1.165, 1.54) is 0 Å². The number of alkyl halides is 2. The number of methoxy groups -OCH3 is 1. The van der Waals surface area contributed by atoms with Crippen molar-refractivity contribution >= 4 is 17.1 Å². The van der Waals surface area contributed by atoms with E-state index in [2.05, 4.69) is 15.6 Å². The van der Waals surface area contributed by atoms with Crippen molar-refractivity contribution in [3.63, 3.8) is 0 Å². The molecule has 4 rings (SSSR count). The number of fused-ring (bicyclic) bond motifs is 1. The van der Waals surface area contributed by atoms with Gasteiger partial charge in [0.2, 0.25) is 0 Å². The first kappa shape index (κ1) is 19.4. The summed E-state index contributed by atoms with van der Waals surface area (Å²) in [7, 11) is 1.59. The highest BCUT2D eigenvalue weighted by Crippen LogP contribution is 2.42. The van der Waals surface area contributed by atoms with Gasteiger partial charge in [0.1, 0.15) is 25.2 Å². The molecular weight excluding hydrogens is 374 g/mol. The van der Waals surface area contributed by atoms with Crippen LogP contribution in [0.3, 0.4) is 0 Å². The van der Waals surface area contributed by atoms with Crippen molar-refractivity contribution in [1.82, 2.24) is 9.47 Å². The number of benzene rings is 1. The van der Waals surface area contributed by atoms with Crippen LogP contribution in [0.4, 0.5) is 8.78 Å². The summed E-state index contributed by atoms with van der Waals surface area (Å²) in [5.74, 6) is 0.665. The average molecular weight is 398 g/mol. The Hall–Kier alpha value is -2.88. The molecule has 5 nitrogen and oxygen atoms in total. The van der Waals surface area contributed by atoms with Gasteiger partial charge in [-0.1, -0.05) is 12.8 Å². The van der Waals surface area contributed by atoms with Crippen molar-refractivity contribution in [3.05, 3.63) is 41.7 Å². The normalized spacial score (nSPS) is 19.4. The second kappa shape index (κ2) is 8.24. The number of allylic oxidation sites excluding steroid dienone is 1. The predicted molar refractivity (Wildman–Crippen MR) is 109 cm³/mol. The first-order valence-corrected chi connectivity index (χ1v) is 9.94. The first-order chi connectivity index (χ1) is 14.2. The Labute approximate surface area is 168 Å². The van der Waals surface area contributed by atoms with Gasteiger partial charge in [-0.05, 0) is 37.1 Å². The van der Waals surface area contributed by atoms with Crippen LogP contribution in [0.5, 0.6) is 5.75 Å². The number of rotatable bonds is 6. The van der Waals surface area contributed by atoms with Crippen molar-refractivity contribution in [1.29, 1.82) is 5.26 Å². The van der Waals surface area contributed by atoms with Crippen molar-refractivity contribution in [2.24, 2.45) is 4.99 Å². The third kappa shape index (κ3) is 3.27. The highest BCUT2D eigenvalue weighted by molar-refractivity contribution is 5.90. The van der Waals surface area contributed by atoms with Crippen LogP contribution in [0.25, 0.3) is 10.9 Å². The van der Waals surface area contributed by atoms with E-state index < -0.39 is 25.6 Å². The van der Waals surface area contributed by atoms with Crippen LogP contribution < -0.4 is 4.74 Å².